The topological polar surface area (TPSA) is 50.2 Å². The smallest absolute Gasteiger partial charge is 0.102 e. The Hall–Kier alpha value is -2.17. The van der Waals surface area contributed by atoms with Crippen molar-refractivity contribution in [2.75, 3.05) is 5.43 Å². The van der Waals surface area contributed by atoms with E-state index in [1.54, 1.807) is 30.6 Å². The van der Waals surface area contributed by atoms with Gasteiger partial charge in [-0.2, -0.15) is 5.10 Å². The van der Waals surface area contributed by atoms with Crippen LogP contribution < -0.4 is 5.43 Å². The van der Waals surface area contributed by atoms with Crippen LogP contribution in [-0.2, 0) is 0 Å². The first-order valence-corrected chi connectivity index (χ1v) is 6.94. The summed E-state index contributed by atoms with van der Waals surface area (Å²) >= 11 is 11.9. The molecule has 0 radical (unpaired) electrons. The van der Waals surface area contributed by atoms with Crippen molar-refractivity contribution < 1.29 is 0 Å². The van der Waals surface area contributed by atoms with Crippen molar-refractivity contribution in [2.45, 2.75) is 0 Å². The molecule has 1 heterocycles. The van der Waals surface area contributed by atoms with Crippen LogP contribution >= 0.6 is 23.2 Å². The van der Waals surface area contributed by atoms with E-state index in [0.717, 1.165) is 11.0 Å². The molecule has 0 saturated carbocycles. The zero-order chi connectivity index (χ0) is 14.7. The molecule has 21 heavy (non-hydrogen) atoms. The molecule has 0 saturated heterocycles. The van der Waals surface area contributed by atoms with Crippen LogP contribution in [0.15, 0.2) is 53.8 Å². The largest absolute Gasteiger partial charge is 0.277 e. The van der Waals surface area contributed by atoms with Gasteiger partial charge in [-0.25, -0.2) is 4.98 Å². The number of hydrogen-bond acceptors (Lipinski definition) is 4. The molecule has 0 bridgehead atoms. The first-order valence-electron chi connectivity index (χ1n) is 6.18. The van der Waals surface area contributed by atoms with Gasteiger partial charge in [-0.3, -0.25) is 10.4 Å². The lowest BCUT2D eigenvalue weighted by atomic mass is 10.3. The van der Waals surface area contributed by atoms with E-state index in [2.05, 4.69) is 20.5 Å². The predicted molar refractivity (Wildman–Crippen MR) is 87.2 cm³/mol. The van der Waals surface area contributed by atoms with Gasteiger partial charge in [-0.1, -0.05) is 35.3 Å². The molecule has 4 nitrogen and oxygen atoms in total. The zero-order valence-corrected chi connectivity index (χ0v) is 12.3. The molecule has 6 heteroatoms. The van der Waals surface area contributed by atoms with Gasteiger partial charge in [0, 0.05) is 5.02 Å². The number of halogens is 2. The van der Waals surface area contributed by atoms with Crippen molar-refractivity contribution in [3.63, 3.8) is 0 Å². The third-order valence-corrected chi connectivity index (χ3v) is 3.33. The first-order chi connectivity index (χ1) is 10.2. The Morgan fingerprint density at radius 1 is 1.05 bits per heavy atom. The highest BCUT2D eigenvalue weighted by atomic mass is 35.5. The molecular weight excluding hydrogens is 307 g/mol. The summed E-state index contributed by atoms with van der Waals surface area (Å²) in [6, 6.07) is 12.8. The van der Waals surface area contributed by atoms with Crippen LogP contribution in [0.2, 0.25) is 10.0 Å². The van der Waals surface area contributed by atoms with E-state index in [-0.39, 0.29) is 0 Å². The molecule has 104 valence electrons. The van der Waals surface area contributed by atoms with Crippen molar-refractivity contribution in [3.8, 4) is 0 Å². The molecule has 2 aromatic carbocycles. The molecule has 0 unspecified atom stereocenters. The van der Waals surface area contributed by atoms with Gasteiger partial charge < -0.3 is 0 Å². The number of aromatic nitrogens is 2. The Labute approximate surface area is 131 Å². The predicted octanol–water partition coefficient (Wildman–Crippen LogP) is 4.38. The fraction of sp³-hybridized carbons (Fsp3) is 0. The van der Waals surface area contributed by atoms with Gasteiger partial charge in [-0.05, 0) is 30.3 Å². The highest BCUT2D eigenvalue weighted by molar-refractivity contribution is 6.36. The fourth-order valence-corrected chi connectivity index (χ4v) is 2.23. The SMILES string of the molecule is Clc1ccc(N/N=C\c2cnc3ccccc3n2)c(Cl)c1. The lowest BCUT2D eigenvalue weighted by Crippen LogP contribution is -1.95. The number of rotatable bonds is 3. The van der Waals surface area contributed by atoms with Gasteiger partial charge in [0.1, 0.15) is 5.69 Å². The molecule has 3 aromatic rings. The van der Waals surface area contributed by atoms with Gasteiger partial charge in [0.25, 0.3) is 0 Å². The minimum Gasteiger partial charge on any atom is -0.277 e. The van der Waals surface area contributed by atoms with E-state index in [4.69, 9.17) is 23.2 Å². The van der Waals surface area contributed by atoms with Gasteiger partial charge in [0.2, 0.25) is 0 Å². The Kier molecular flexibility index (Phi) is 3.99. The van der Waals surface area contributed by atoms with E-state index < -0.39 is 0 Å². The zero-order valence-electron chi connectivity index (χ0n) is 10.8. The monoisotopic (exact) mass is 316 g/mol. The summed E-state index contributed by atoms with van der Waals surface area (Å²) in [6.45, 7) is 0. The number of hydrazone groups is 1. The van der Waals surface area contributed by atoms with E-state index in [1.807, 2.05) is 24.3 Å². The molecule has 1 N–H and O–H groups in total. The normalized spacial score (nSPS) is 11.1. The number of para-hydroxylation sites is 2. The molecule has 1 aromatic heterocycles. The van der Waals surface area contributed by atoms with Gasteiger partial charge in [0.15, 0.2) is 0 Å². The standard InChI is InChI=1S/C15H10Cl2N4/c16-10-5-6-13(12(17)7-10)21-19-9-11-8-18-14-3-1-2-4-15(14)20-11/h1-9,21H/b19-9-. The number of nitrogens with one attached hydrogen (secondary N) is 1. The van der Waals surface area contributed by atoms with Crippen LogP contribution in [0.5, 0.6) is 0 Å². The summed E-state index contributed by atoms with van der Waals surface area (Å²) in [5.41, 5.74) is 5.85. The fourth-order valence-electron chi connectivity index (χ4n) is 1.78. The third kappa shape index (κ3) is 3.29. The molecule has 0 amide bonds. The van der Waals surface area contributed by atoms with Crippen molar-refractivity contribution in [2.24, 2.45) is 5.10 Å². The van der Waals surface area contributed by atoms with Gasteiger partial charge >= 0.3 is 0 Å². The minimum absolute atomic E-state index is 0.504. The molecular formula is C15H10Cl2N4. The Morgan fingerprint density at radius 3 is 2.67 bits per heavy atom. The Morgan fingerprint density at radius 2 is 1.86 bits per heavy atom. The molecule has 0 atom stereocenters. The second-order valence-electron chi connectivity index (χ2n) is 4.28. The maximum atomic E-state index is 6.04. The molecule has 0 aliphatic carbocycles. The van der Waals surface area contributed by atoms with E-state index in [0.29, 0.717) is 21.4 Å². The Bertz CT molecular complexity index is 818. The third-order valence-electron chi connectivity index (χ3n) is 2.78. The summed E-state index contributed by atoms with van der Waals surface area (Å²) in [4.78, 5) is 8.75. The van der Waals surface area contributed by atoms with Crippen LogP contribution in [0.25, 0.3) is 11.0 Å². The number of anilines is 1. The molecule has 0 fully saturated rings. The average Bonchev–Trinajstić information content (AvgIpc) is 2.49. The van der Waals surface area contributed by atoms with Gasteiger partial charge in [-0.15, -0.1) is 0 Å². The molecule has 0 aliphatic heterocycles. The molecule has 0 spiro atoms. The van der Waals surface area contributed by atoms with Crippen LogP contribution in [0.4, 0.5) is 5.69 Å². The summed E-state index contributed by atoms with van der Waals surface area (Å²) in [7, 11) is 0. The van der Waals surface area contributed by atoms with E-state index >= 15 is 0 Å². The van der Waals surface area contributed by atoms with E-state index in [1.165, 1.54) is 0 Å². The van der Waals surface area contributed by atoms with Crippen molar-refractivity contribution >= 4 is 46.1 Å². The lowest BCUT2D eigenvalue weighted by Gasteiger charge is -2.03. The lowest BCUT2D eigenvalue weighted by molar-refractivity contribution is 1.26. The number of nitrogens with zero attached hydrogens (tertiary/aromatic N) is 3. The highest BCUT2D eigenvalue weighted by Crippen LogP contribution is 2.25. The average molecular weight is 317 g/mol. The van der Waals surface area contributed by atoms with Crippen LogP contribution in [0, 0.1) is 0 Å². The van der Waals surface area contributed by atoms with Crippen molar-refractivity contribution in [1.82, 2.24) is 9.97 Å². The second kappa shape index (κ2) is 6.08. The quantitative estimate of drug-likeness (QED) is 0.576. The minimum atomic E-state index is 0.504. The summed E-state index contributed by atoms with van der Waals surface area (Å²) in [5.74, 6) is 0. The highest BCUT2D eigenvalue weighted by Gasteiger charge is 2.00. The van der Waals surface area contributed by atoms with Crippen molar-refractivity contribution in [1.29, 1.82) is 0 Å². The van der Waals surface area contributed by atoms with Crippen LogP contribution in [0.1, 0.15) is 5.69 Å². The second-order valence-corrected chi connectivity index (χ2v) is 5.12. The summed E-state index contributed by atoms with van der Waals surface area (Å²) in [6.07, 6.45) is 3.25. The maximum Gasteiger partial charge on any atom is 0.102 e. The summed E-state index contributed by atoms with van der Waals surface area (Å²) in [5, 5.41) is 5.19. The summed E-state index contributed by atoms with van der Waals surface area (Å²) < 4.78 is 0. The number of hydrogen-bond donors (Lipinski definition) is 1. The van der Waals surface area contributed by atoms with Crippen molar-refractivity contribution in [3.05, 3.63) is 64.4 Å². The van der Waals surface area contributed by atoms with Gasteiger partial charge in [0.05, 0.1) is 34.2 Å². The van der Waals surface area contributed by atoms with E-state index in [9.17, 15) is 0 Å². The molecule has 0 aliphatic rings. The number of benzene rings is 2. The van der Waals surface area contributed by atoms with Crippen LogP contribution in [0.3, 0.4) is 0 Å². The molecule has 3 rings (SSSR count). The Balaban J connectivity index is 1.78. The first kappa shape index (κ1) is 13.8. The number of fused-ring (bicyclic) bond motifs is 1. The maximum absolute atomic E-state index is 6.04. The van der Waals surface area contributed by atoms with Crippen LogP contribution in [-0.4, -0.2) is 16.2 Å².